The van der Waals surface area contributed by atoms with Crippen molar-refractivity contribution in [2.75, 3.05) is 13.1 Å². The lowest BCUT2D eigenvalue weighted by atomic mass is 9.93. The van der Waals surface area contributed by atoms with Crippen molar-refractivity contribution in [3.8, 4) is 0 Å². The van der Waals surface area contributed by atoms with Gasteiger partial charge in [0.1, 0.15) is 5.82 Å². The second-order valence-electron chi connectivity index (χ2n) is 7.01. The van der Waals surface area contributed by atoms with Gasteiger partial charge in [0.25, 0.3) is 0 Å². The number of carbonyl (C=O) groups is 1. The topological polar surface area (TPSA) is 32.3 Å². The number of nitrogens with one attached hydrogen (secondary N) is 1. The van der Waals surface area contributed by atoms with Crippen molar-refractivity contribution < 1.29 is 9.18 Å². The van der Waals surface area contributed by atoms with Crippen LogP contribution in [0.3, 0.4) is 0 Å². The lowest BCUT2D eigenvalue weighted by Gasteiger charge is -2.38. The molecule has 1 aliphatic rings. The molecule has 1 heterocycles. The Morgan fingerprint density at radius 2 is 2.04 bits per heavy atom. The number of nitrogens with zero attached hydrogens (tertiary/aromatic N) is 1. The molecular formula is C20H31FN2O. The zero-order valence-electron chi connectivity index (χ0n) is 15.2. The molecule has 0 spiro atoms. The third-order valence-electron chi connectivity index (χ3n) is 5.02. The predicted octanol–water partition coefficient (Wildman–Crippen LogP) is 4.29. The molecular weight excluding hydrogens is 303 g/mol. The van der Waals surface area contributed by atoms with Gasteiger partial charge in [-0.05, 0) is 56.8 Å². The normalized spacial score (nSPS) is 21.2. The first kappa shape index (κ1) is 18.9. The fourth-order valence-corrected chi connectivity index (χ4v) is 3.76. The molecule has 0 aromatic heterocycles. The van der Waals surface area contributed by atoms with Gasteiger partial charge in [0.2, 0.25) is 5.91 Å². The number of hydrogen-bond donors (Lipinski definition) is 1. The maximum absolute atomic E-state index is 13.2. The van der Waals surface area contributed by atoms with Crippen molar-refractivity contribution in [2.24, 2.45) is 5.92 Å². The van der Waals surface area contributed by atoms with Gasteiger partial charge in [0.05, 0.1) is 5.92 Å². The van der Waals surface area contributed by atoms with Crippen molar-refractivity contribution in [2.45, 2.75) is 65.0 Å². The van der Waals surface area contributed by atoms with Crippen molar-refractivity contribution in [1.29, 1.82) is 0 Å². The summed E-state index contributed by atoms with van der Waals surface area (Å²) in [4.78, 5) is 14.9. The standard InChI is InChI=1S/C20H31FN2O/c1-4-7-15(3)22-20(24)17-8-6-13-23(14-17)19(5-2)16-9-11-18(21)12-10-16/h9-12,15,17,19H,4-8,13-14H2,1-3H3,(H,22,24). The van der Waals surface area contributed by atoms with Crippen LogP contribution in [0.25, 0.3) is 0 Å². The third kappa shape index (κ3) is 5.04. The van der Waals surface area contributed by atoms with Crippen molar-refractivity contribution in [1.82, 2.24) is 10.2 Å². The summed E-state index contributed by atoms with van der Waals surface area (Å²) in [6.07, 6.45) is 5.07. The summed E-state index contributed by atoms with van der Waals surface area (Å²) in [5.41, 5.74) is 1.14. The van der Waals surface area contributed by atoms with Crippen LogP contribution in [-0.4, -0.2) is 29.9 Å². The Morgan fingerprint density at radius 1 is 1.33 bits per heavy atom. The molecule has 2 rings (SSSR count). The second-order valence-corrected chi connectivity index (χ2v) is 7.01. The molecule has 1 N–H and O–H groups in total. The number of likely N-dealkylation sites (tertiary alicyclic amines) is 1. The smallest absolute Gasteiger partial charge is 0.224 e. The largest absolute Gasteiger partial charge is 0.353 e. The summed E-state index contributed by atoms with van der Waals surface area (Å²) in [7, 11) is 0. The minimum Gasteiger partial charge on any atom is -0.353 e. The second kappa shape index (κ2) is 9.16. The van der Waals surface area contributed by atoms with Gasteiger partial charge < -0.3 is 5.32 Å². The van der Waals surface area contributed by atoms with Gasteiger partial charge in [-0.3, -0.25) is 9.69 Å². The van der Waals surface area contributed by atoms with Crippen molar-refractivity contribution in [3.63, 3.8) is 0 Å². The Morgan fingerprint density at radius 3 is 2.67 bits per heavy atom. The van der Waals surface area contributed by atoms with Gasteiger partial charge in [0.15, 0.2) is 0 Å². The molecule has 1 amide bonds. The fraction of sp³-hybridized carbons (Fsp3) is 0.650. The monoisotopic (exact) mass is 334 g/mol. The molecule has 1 fully saturated rings. The van der Waals surface area contributed by atoms with E-state index < -0.39 is 0 Å². The van der Waals surface area contributed by atoms with Gasteiger partial charge in [-0.2, -0.15) is 0 Å². The molecule has 0 bridgehead atoms. The van der Waals surface area contributed by atoms with Crippen LogP contribution in [0, 0.1) is 11.7 Å². The Bertz CT molecular complexity index is 517. The van der Waals surface area contributed by atoms with E-state index in [4.69, 9.17) is 0 Å². The molecule has 3 unspecified atom stereocenters. The number of rotatable bonds is 7. The lowest BCUT2D eigenvalue weighted by Crippen LogP contribution is -2.46. The van der Waals surface area contributed by atoms with Gasteiger partial charge in [-0.1, -0.05) is 32.4 Å². The number of halogens is 1. The SMILES string of the molecule is CCCC(C)NC(=O)C1CCCN(C(CC)c2ccc(F)cc2)C1. The number of hydrogen-bond acceptors (Lipinski definition) is 2. The lowest BCUT2D eigenvalue weighted by molar-refractivity contribution is -0.127. The summed E-state index contributed by atoms with van der Waals surface area (Å²) in [5, 5.41) is 3.16. The number of amides is 1. The van der Waals surface area contributed by atoms with E-state index in [-0.39, 0.29) is 29.7 Å². The minimum absolute atomic E-state index is 0.0626. The highest BCUT2D eigenvalue weighted by molar-refractivity contribution is 5.79. The van der Waals surface area contributed by atoms with Crippen LogP contribution in [-0.2, 0) is 4.79 Å². The fourth-order valence-electron chi connectivity index (χ4n) is 3.76. The van der Waals surface area contributed by atoms with Crippen LogP contribution in [0.2, 0.25) is 0 Å². The predicted molar refractivity (Wildman–Crippen MR) is 96.2 cm³/mol. The van der Waals surface area contributed by atoms with Crippen LogP contribution in [0.5, 0.6) is 0 Å². The molecule has 134 valence electrons. The van der Waals surface area contributed by atoms with Gasteiger partial charge in [-0.25, -0.2) is 4.39 Å². The van der Waals surface area contributed by atoms with E-state index in [1.807, 2.05) is 12.1 Å². The third-order valence-corrected chi connectivity index (χ3v) is 5.02. The van der Waals surface area contributed by atoms with E-state index in [1.165, 1.54) is 12.1 Å². The van der Waals surface area contributed by atoms with Crippen LogP contribution >= 0.6 is 0 Å². The number of carbonyl (C=O) groups excluding carboxylic acids is 1. The average Bonchev–Trinajstić information content (AvgIpc) is 2.58. The average molecular weight is 334 g/mol. The first-order valence-electron chi connectivity index (χ1n) is 9.35. The Hall–Kier alpha value is -1.42. The molecule has 0 radical (unpaired) electrons. The quantitative estimate of drug-likeness (QED) is 0.806. The first-order valence-corrected chi connectivity index (χ1v) is 9.35. The van der Waals surface area contributed by atoms with Crippen molar-refractivity contribution >= 4 is 5.91 Å². The van der Waals surface area contributed by atoms with Crippen LogP contribution in [0.15, 0.2) is 24.3 Å². The molecule has 1 aromatic rings. The zero-order chi connectivity index (χ0) is 17.5. The van der Waals surface area contributed by atoms with E-state index in [9.17, 15) is 9.18 Å². The molecule has 0 aliphatic carbocycles. The molecule has 1 aliphatic heterocycles. The van der Waals surface area contributed by atoms with Gasteiger partial charge in [-0.15, -0.1) is 0 Å². The van der Waals surface area contributed by atoms with E-state index in [0.29, 0.717) is 0 Å². The minimum atomic E-state index is -0.200. The molecule has 0 saturated carbocycles. The van der Waals surface area contributed by atoms with Gasteiger partial charge in [0, 0.05) is 18.6 Å². The van der Waals surface area contributed by atoms with E-state index >= 15 is 0 Å². The van der Waals surface area contributed by atoms with E-state index in [2.05, 4.69) is 31.0 Å². The zero-order valence-corrected chi connectivity index (χ0v) is 15.2. The molecule has 24 heavy (non-hydrogen) atoms. The Balaban J connectivity index is 2.00. The van der Waals surface area contributed by atoms with Crippen molar-refractivity contribution in [3.05, 3.63) is 35.6 Å². The van der Waals surface area contributed by atoms with Crippen LogP contribution in [0.4, 0.5) is 4.39 Å². The Kier molecular flexibility index (Phi) is 7.22. The molecule has 4 heteroatoms. The number of piperidine rings is 1. The van der Waals surface area contributed by atoms with E-state index in [0.717, 1.165) is 50.8 Å². The maximum Gasteiger partial charge on any atom is 0.224 e. The Labute approximate surface area is 145 Å². The molecule has 1 saturated heterocycles. The molecule has 1 aromatic carbocycles. The highest BCUT2D eigenvalue weighted by Crippen LogP contribution is 2.29. The summed E-state index contributed by atoms with van der Waals surface area (Å²) in [6, 6.07) is 7.30. The van der Waals surface area contributed by atoms with Gasteiger partial charge >= 0.3 is 0 Å². The first-order chi connectivity index (χ1) is 11.5. The van der Waals surface area contributed by atoms with E-state index in [1.54, 1.807) is 0 Å². The summed E-state index contributed by atoms with van der Waals surface area (Å²) < 4.78 is 13.2. The number of benzene rings is 1. The molecule has 3 nitrogen and oxygen atoms in total. The summed E-state index contributed by atoms with van der Waals surface area (Å²) >= 11 is 0. The summed E-state index contributed by atoms with van der Waals surface area (Å²) in [6.45, 7) is 8.17. The van der Waals surface area contributed by atoms with Crippen LogP contribution < -0.4 is 5.32 Å². The summed E-state index contributed by atoms with van der Waals surface area (Å²) in [5.74, 6) is 0.0524. The maximum atomic E-state index is 13.2. The highest BCUT2D eigenvalue weighted by atomic mass is 19.1. The molecule has 3 atom stereocenters. The highest BCUT2D eigenvalue weighted by Gasteiger charge is 2.30. The van der Waals surface area contributed by atoms with Crippen LogP contribution in [0.1, 0.15) is 64.5 Å².